The highest BCUT2D eigenvalue weighted by molar-refractivity contribution is 4.84. The van der Waals surface area contributed by atoms with E-state index in [1.807, 2.05) is 6.08 Å². The van der Waals surface area contributed by atoms with Crippen LogP contribution in [0.1, 0.15) is 19.8 Å². The van der Waals surface area contributed by atoms with Crippen molar-refractivity contribution >= 4 is 0 Å². The van der Waals surface area contributed by atoms with Crippen molar-refractivity contribution in [3.8, 4) is 0 Å². The Hall–Kier alpha value is -0.340. The number of hydrogen-bond acceptors (Lipinski definition) is 2. The molecule has 0 unspecified atom stereocenters. The molecule has 0 aliphatic rings. The van der Waals surface area contributed by atoms with E-state index in [-0.39, 0.29) is 0 Å². The fourth-order valence-corrected chi connectivity index (χ4v) is 0.870. The standard InChI is InChI=1S/C9H20N2/c1-3-4-8-11(2)9-6-5-7-10/h5-6H,3-4,7-10H2,1-2H3. The van der Waals surface area contributed by atoms with Crippen molar-refractivity contribution in [2.24, 2.45) is 5.73 Å². The number of nitrogens with zero attached hydrogens (tertiary/aromatic N) is 1. The maximum absolute atomic E-state index is 5.31. The topological polar surface area (TPSA) is 29.3 Å². The molecule has 0 radical (unpaired) electrons. The second kappa shape index (κ2) is 7.76. The first-order valence-corrected chi connectivity index (χ1v) is 4.34. The third-order valence-electron chi connectivity index (χ3n) is 1.61. The lowest BCUT2D eigenvalue weighted by molar-refractivity contribution is 0.362. The molecule has 2 heteroatoms. The monoisotopic (exact) mass is 156 g/mol. The molecular formula is C9H20N2. The van der Waals surface area contributed by atoms with E-state index < -0.39 is 0 Å². The highest BCUT2D eigenvalue weighted by Crippen LogP contribution is 1.90. The summed E-state index contributed by atoms with van der Waals surface area (Å²) in [4.78, 5) is 2.30. The first kappa shape index (κ1) is 10.7. The van der Waals surface area contributed by atoms with Crippen LogP contribution >= 0.6 is 0 Å². The summed E-state index contributed by atoms with van der Waals surface area (Å²) in [6.07, 6.45) is 6.68. The van der Waals surface area contributed by atoms with E-state index in [1.165, 1.54) is 19.4 Å². The maximum atomic E-state index is 5.31. The molecule has 0 fully saturated rings. The van der Waals surface area contributed by atoms with Crippen molar-refractivity contribution in [2.45, 2.75) is 19.8 Å². The zero-order chi connectivity index (χ0) is 8.53. The van der Waals surface area contributed by atoms with Crippen LogP contribution in [0.5, 0.6) is 0 Å². The average molecular weight is 156 g/mol. The molecule has 0 aromatic rings. The van der Waals surface area contributed by atoms with Gasteiger partial charge in [0.15, 0.2) is 0 Å². The highest BCUT2D eigenvalue weighted by Gasteiger charge is 1.91. The first-order valence-electron chi connectivity index (χ1n) is 4.34. The largest absolute Gasteiger partial charge is 0.327 e. The predicted molar refractivity (Wildman–Crippen MR) is 50.6 cm³/mol. The normalized spacial score (nSPS) is 11.6. The summed E-state index contributed by atoms with van der Waals surface area (Å²) >= 11 is 0. The number of likely N-dealkylation sites (N-methyl/N-ethyl adjacent to an activating group) is 1. The molecule has 0 saturated heterocycles. The molecule has 2 N–H and O–H groups in total. The van der Waals surface area contributed by atoms with Gasteiger partial charge in [-0.05, 0) is 20.0 Å². The second-order valence-electron chi connectivity index (χ2n) is 2.82. The predicted octanol–water partition coefficient (Wildman–Crippen LogP) is 1.23. The van der Waals surface area contributed by atoms with E-state index in [2.05, 4.69) is 24.9 Å². The fourth-order valence-electron chi connectivity index (χ4n) is 0.870. The van der Waals surface area contributed by atoms with Gasteiger partial charge < -0.3 is 10.6 Å². The van der Waals surface area contributed by atoms with Gasteiger partial charge in [0.05, 0.1) is 0 Å². The van der Waals surface area contributed by atoms with Crippen molar-refractivity contribution in [1.29, 1.82) is 0 Å². The Labute approximate surface area is 70.1 Å². The lowest BCUT2D eigenvalue weighted by atomic mass is 10.3. The van der Waals surface area contributed by atoms with Crippen LogP contribution in [0.15, 0.2) is 12.2 Å². The van der Waals surface area contributed by atoms with Crippen molar-refractivity contribution in [3.63, 3.8) is 0 Å². The summed E-state index contributed by atoms with van der Waals surface area (Å²) in [7, 11) is 2.14. The smallest absolute Gasteiger partial charge is 0.0160 e. The van der Waals surface area contributed by atoms with Crippen molar-refractivity contribution in [2.75, 3.05) is 26.7 Å². The minimum absolute atomic E-state index is 0.654. The van der Waals surface area contributed by atoms with Crippen LogP contribution in [-0.2, 0) is 0 Å². The SMILES string of the molecule is CCCCN(C)CC=CCN. The van der Waals surface area contributed by atoms with Gasteiger partial charge in [-0.1, -0.05) is 25.5 Å². The Bertz CT molecular complexity index is 99.7. The number of rotatable bonds is 6. The van der Waals surface area contributed by atoms with Crippen molar-refractivity contribution in [1.82, 2.24) is 4.90 Å². The van der Waals surface area contributed by atoms with Gasteiger partial charge >= 0.3 is 0 Å². The number of unbranched alkanes of at least 4 members (excludes halogenated alkanes) is 1. The molecule has 0 rings (SSSR count). The molecule has 0 atom stereocenters. The van der Waals surface area contributed by atoms with E-state index in [0.717, 1.165) is 6.54 Å². The van der Waals surface area contributed by atoms with Crippen molar-refractivity contribution in [3.05, 3.63) is 12.2 Å². The van der Waals surface area contributed by atoms with Crippen LogP contribution in [0.25, 0.3) is 0 Å². The van der Waals surface area contributed by atoms with Gasteiger partial charge in [0, 0.05) is 13.1 Å². The van der Waals surface area contributed by atoms with E-state index in [0.29, 0.717) is 6.54 Å². The molecule has 11 heavy (non-hydrogen) atoms. The lowest BCUT2D eigenvalue weighted by Crippen LogP contribution is -2.19. The molecule has 66 valence electrons. The van der Waals surface area contributed by atoms with Gasteiger partial charge in [-0.25, -0.2) is 0 Å². The van der Waals surface area contributed by atoms with Gasteiger partial charge in [-0.15, -0.1) is 0 Å². The van der Waals surface area contributed by atoms with Crippen molar-refractivity contribution < 1.29 is 0 Å². The average Bonchev–Trinajstić information content (AvgIpc) is 2.01. The summed E-state index contributed by atoms with van der Waals surface area (Å²) in [5.41, 5.74) is 5.31. The van der Waals surface area contributed by atoms with Gasteiger partial charge in [0.2, 0.25) is 0 Å². The Morgan fingerprint density at radius 3 is 2.64 bits per heavy atom. The Morgan fingerprint density at radius 1 is 1.36 bits per heavy atom. The number of nitrogens with two attached hydrogens (primary N) is 1. The van der Waals surface area contributed by atoms with E-state index in [9.17, 15) is 0 Å². The molecule has 0 amide bonds. The van der Waals surface area contributed by atoms with E-state index in [1.54, 1.807) is 0 Å². The molecule has 0 bridgehead atoms. The molecule has 0 aliphatic carbocycles. The van der Waals surface area contributed by atoms with E-state index >= 15 is 0 Å². The summed E-state index contributed by atoms with van der Waals surface area (Å²) in [6, 6.07) is 0. The molecule has 0 aliphatic heterocycles. The molecule has 0 heterocycles. The third kappa shape index (κ3) is 7.56. The van der Waals surface area contributed by atoms with Gasteiger partial charge in [0.1, 0.15) is 0 Å². The zero-order valence-electron chi connectivity index (χ0n) is 7.71. The minimum Gasteiger partial charge on any atom is -0.327 e. The molecule has 0 aromatic heterocycles. The third-order valence-corrected chi connectivity index (χ3v) is 1.61. The highest BCUT2D eigenvalue weighted by atomic mass is 15.1. The quantitative estimate of drug-likeness (QED) is 0.586. The zero-order valence-corrected chi connectivity index (χ0v) is 7.71. The van der Waals surface area contributed by atoms with Crippen LogP contribution in [0.4, 0.5) is 0 Å². The molecule has 0 saturated carbocycles. The summed E-state index contributed by atoms with van der Waals surface area (Å²) in [5, 5.41) is 0. The molecular weight excluding hydrogens is 136 g/mol. The summed E-state index contributed by atoms with van der Waals surface area (Å²) < 4.78 is 0. The Balaban J connectivity index is 3.21. The molecule has 0 aromatic carbocycles. The number of hydrogen-bond donors (Lipinski definition) is 1. The van der Waals surface area contributed by atoms with Gasteiger partial charge in [-0.3, -0.25) is 0 Å². The van der Waals surface area contributed by atoms with Crippen LogP contribution in [0.3, 0.4) is 0 Å². The summed E-state index contributed by atoms with van der Waals surface area (Å²) in [6.45, 7) is 5.08. The van der Waals surface area contributed by atoms with E-state index in [4.69, 9.17) is 5.73 Å². The van der Waals surface area contributed by atoms with Crippen LogP contribution in [-0.4, -0.2) is 31.6 Å². The molecule has 2 nitrogen and oxygen atoms in total. The van der Waals surface area contributed by atoms with Crippen LogP contribution < -0.4 is 5.73 Å². The van der Waals surface area contributed by atoms with Crippen LogP contribution in [0, 0.1) is 0 Å². The Morgan fingerprint density at radius 2 is 2.09 bits per heavy atom. The maximum Gasteiger partial charge on any atom is 0.0160 e. The Kier molecular flexibility index (Phi) is 7.52. The second-order valence-corrected chi connectivity index (χ2v) is 2.82. The van der Waals surface area contributed by atoms with Gasteiger partial charge in [0.25, 0.3) is 0 Å². The summed E-state index contributed by atoms with van der Waals surface area (Å²) in [5.74, 6) is 0. The van der Waals surface area contributed by atoms with Gasteiger partial charge in [-0.2, -0.15) is 0 Å². The van der Waals surface area contributed by atoms with Crippen LogP contribution in [0.2, 0.25) is 0 Å². The molecule has 0 spiro atoms. The fraction of sp³-hybridized carbons (Fsp3) is 0.778. The first-order chi connectivity index (χ1) is 5.31. The lowest BCUT2D eigenvalue weighted by Gasteiger charge is -2.12. The minimum atomic E-state index is 0.654.